The van der Waals surface area contributed by atoms with Crippen LogP contribution >= 0.6 is 0 Å². The summed E-state index contributed by atoms with van der Waals surface area (Å²) in [5.41, 5.74) is 8.33. The second kappa shape index (κ2) is 7.74. The molecule has 24 heavy (non-hydrogen) atoms. The first-order valence-corrected chi connectivity index (χ1v) is 7.67. The number of nitrogens with two attached hydrogens (primary N) is 1. The monoisotopic (exact) mass is 330 g/mol. The van der Waals surface area contributed by atoms with Crippen LogP contribution in [-0.4, -0.2) is 51.8 Å². The Labute approximate surface area is 140 Å². The van der Waals surface area contributed by atoms with Crippen LogP contribution in [-0.2, 0) is 22.6 Å². The molecule has 1 aromatic carbocycles. The fourth-order valence-corrected chi connectivity index (χ4v) is 2.24. The second-order valence-electron chi connectivity index (χ2n) is 5.88. The van der Waals surface area contributed by atoms with Gasteiger partial charge in [0, 0.05) is 38.8 Å². The van der Waals surface area contributed by atoms with E-state index in [1.165, 1.54) is 0 Å². The molecule has 128 valence electrons. The van der Waals surface area contributed by atoms with E-state index in [0.29, 0.717) is 19.4 Å². The number of nitrogens with zero attached hydrogens (tertiary/aromatic N) is 3. The van der Waals surface area contributed by atoms with Gasteiger partial charge in [0.25, 0.3) is 0 Å². The number of aromatic nitrogens is 2. The van der Waals surface area contributed by atoms with E-state index < -0.39 is 12.0 Å². The lowest BCUT2D eigenvalue weighted by Gasteiger charge is -2.09. The van der Waals surface area contributed by atoms with Crippen molar-refractivity contribution in [2.75, 3.05) is 14.1 Å². The molecule has 0 radical (unpaired) electrons. The molecular formula is C17H22N4O3. The van der Waals surface area contributed by atoms with Crippen LogP contribution in [0, 0.1) is 0 Å². The van der Waals surface area contributed by atoms with Gasteiger partial charge in [0.05, 0.1) is 6.20 Å². The maximum Gasteiger partial charge on any atom is 0.320 e. The molecule has 0 bridgehead atoms. The molecule has 0 aliphatic carbocycles. The van der Waals surface area contributed by atoms with Crippen molar-refractivity contribution in [1.82, 2.24) is 14.7 Å². The smallest absolute Gasteiger partial charge is 0.320 e. The van der Waals surface area contributed by atoms with Gasteiger partial charge < -0.3 is 15.7 Å². The molecule has 0 fully saturated rings. The first-order valence-electron chi connectivity index (χ1n) is 7.67. The van der Waals surface area contributed by atoms with E-state index in [2.05, 4.69) is 5.10 Å². The van der Waals surface area contributed by atoms with Crippen LogP contribution in [0.3, 0.4) is 0 Å². The highest BCUT2D eigenvalue weighted by Crippen LogP contribution is 2.19. The highest BCUT2D eigenvalue weighted by molar-refractivity contribution is 5.75. The molecule has 1 heterocycles. The second-order valence-corrected chi connectivity index (χ2v) is 5.88. The van der Waals surface area contributed by atoms with E-state index in [-0.39, 0.29) is 5.91 Å². The third-order valence-electron chi connectivity index (χ3n) is 3.75. The van der Waals surface area contributed by atoms with Crippen LogP contribution in [0.1, 0.15) is 12.0 Å². The van der Waals surface area contributed by atoms with Gasteiger partial charge >= 0.3 is 5.97 Å². The topological polar surface area (TPSA) is 101 Å². The average Bonchev–Trinajstić information content (AvgIpc) is 3.02. The molecule has 1 atom stereocenters. The first-order chi connectivity index (χ1) is 11.4. The van der Waals surface area contributed by atoms with Gasteiger partial charge in [-0.1, -0.05) is 24.3 Å². The first kappa shape index (κ1) is 17.7. The quantitative estimate of drug-likeness (QED) is 0.788. The minimum absolute atomic E-state index is 0.0613. The van der Waals surface area contributed by atoms with Gasteiger partial charge in [0.15, 0.2) is 0 Å². The number of rotatable bonds is 7. The predicted molar refractivity (Wildman–Crippen MR) is 90.3 cm³/mol. The van der Waals surface area contributed by atoms with E-state index in [0.717, 1.165) is 16.7 Å². The Balaban J connectivity index is 1.99. The van der Waals surface area contributed by atoms with Crippen LogP contribution in [0.5, 0.6) is 0 Å². The maximum absolute atomic E-state index is 11.6. The minimum Gasteiger partial charge on any atom is -0.480 e. The Morgan fingerprint density at radius 3 is 2.50 bits per heavy atom. The number of hydrogen-bond acceptors (Lipinski definition) is 4. The van der Waals surface area contributed by atoms with Crippen LogP contribution in [0.2, 0.25) is 0 Å². The van der Waals surface area contributed by atoms with E-state index in [1.807, 2.05) is 30.5 Å². The van der Waals surface area contributed by atoms with Crippen molar-refractivity contribution in [3.05, 3.63) is 42.2 Å². The van der Waals surface area contributed by atoms with E-state index in [1.54, 1.807) is 29.9 Å². The molecule has 2 aromatic rings. The van der Waals surface area contributed by atoms with Crippen molar-refractivity contribution in [1.29, 1.82) is 0 Å². The SMILES string of the molecule is CN(C)C(=O)CCn1cc(-c2ccc(C[C@H](N)C(=O)O)cc2)cn1. The summed E-state index contributed by atoms with van der Waals surface area (Å²) < 4.78 is 1.74. The number of carbonyl (C=O) groups excluding carboxylic acids is 1. The number of hydrogen-bond donors (Lipinski definition) is 2. The molecule has 2 rings (SSSR count). The minimum atomic E-state index is -1.01. The molecule has 0 saturated carbocycles. The van der Waals surface area contributed by atoms with Gasteiger partial charge in [0.2, 0.25) is 5.91 Å². The molecular weight excluding hydrogens is 308 g/mol. The number of benzene rings is 1. The predicted octanol–water partition coefficient (Wildman–Crippen LogP) is 0.983. The summed E-state index contributed by atoms with van der Waals surface area (Å²) in [7, 11) is 3.46. The lowest BCUT2D eigenvalue weighted by molar-refractivity contribution is -0.138. The zero-order chi connectivity index (χ0) is 17.7. The summed E-state index contributed by atoms with van der Waals surface area (Å²) in [6.07, 6.45) is 4.33. The number of carboxylic acids is 1. The van der Waals surface area contributed by atoms with Crippen LogP contribution in [0.25, 0.3) is 11.1 Å². The standard InChI is InChI=1S/C17H22N4O3/c1-20(2)16(22)7-8-21-11-14(10-19-21)13-5-3-12(4-6-13)9-15(18)17(23)24/h3-6,10-11,15H,7-9,18H2,1-2H3,(H,23,24)/t15-/m0/s1. The zero-order valence-electron chi connectivity index (χ0n) is 13.8. The summed E-state index contributed by atoms with van der Waals surface area (Å²) in [5, 5.41) is 13.1. The molecule has 7 heteroatoms. The molecule has 0 unspecified atom stereocenters. The Morgan fingerprint density at radius 1 is 1.25 bits per heavy atom. The van der Waals surface area contributed by atoms with E-state index >= 15 is 0 Å². The van der Waals surface area contributed by atoms with Gasteiger partial charge in [-0.15, -0.1) is 0 Å². The van der Waals surface area contributed by atoms with Crippen molar-refractivity contribution in [2.45, 2.75) is 25.4 Å². The maximum atomic E-state index is 11.6. The highest BCUT2D eigenvalue weighted by Gasteiger charge is 2.12. The Bertz CT molecular complexity index is 707. The summed E-state index contributed by atoms with van der Waals surface area (Å²) in [6, 6.07) is 6.66. The van der Waals surface area contributed by atoms with Crippen LogP contribution < -0.4 is 5.73 Å². The molecule has 0 spiro atoms. The lowest BCUT2D eigenvalue weighted by Crippen LogP contribution is -2.32. The molecule has 7 nitrogen and oxygen atoms in total. The normalized spacial score (nSPS) is 12.0. The van der Waals surface area contributed by atoms with Crippen molar-refractivity contribution >= 4 is 11.9 Å². The molecule has 3 N–H and O–H groups in total. The number of aliphatic carboxylic acids is 1. The molecule has 0 aliphatic heterocycles. The number of carbonyl (C=O) groups is 2. The molecule has 1 aromatic heterocycles. The number of aryl methyl sites for hydroxylation is 1. The van der Waals surface area contributed by atoms with Crippen molar-refractivity contribution in [3.63, 3.8) is 0 Å². The Morgan fingerprint density at radius 2 is 1.92 bits per heavy atom. The van der Waals surface area contributed by atoms with Crippen LogP contribution in [0.15, 0.2) is 36.7 Å². The van der Waals surface area contributed by atoms with Gasteiger partial charge in [-0.05, 0) is 17.5 Å². The van der Waals surface area contributed by atoms with Crippen LogP contribution in [0.4, 0.5) is 0 Å². The third kappa shape index (κ3) is 4.66. The third-order valence-corrected chi connectivity index (χ3v) is 3.75. The summed E-state index contributed by atoms with van der Waals surface area (Å²) >= 11 is 0. The zero-order valence-corrected chi connectivity index (χ0v) is 13.8. The number of amides is 1. The Hall–Kier alpha value is -2.67. The molecule has 1 amide bonds. The van der Waals surface area contributed by atoms with Gasteiger partial charge in [-0.25, -0.2) is 0 Å². The van der Waals surface area contributed by atoms with Gasteiger partial charge in [0.1, 0.15) is 6.04 Å². The summed E-state index contributed by atoms with van der Waals surface area (Å²) in [4.78, 5) is 23.9. The molecule has 0 aliphatic rings. The van der Waals surface area contributed by atoms with Crippen molar-refractivity contribution < 1.29 is 14.7 Å². The highest BCUT2D eigenvalue weighted by atomic mass is 16.4. The summed E-state index contributed by atoms with van der Waals surface area (Å²) in [5.74, 6) is -0.946. The fraction of sp³-hybridized carbons (Fsp3) is 0.353. The summed E-state index contributed by atoms with van der Waals surface area (Å²) in [6.45, 7) is 0.530. The van der Waals surface area contributed by atoms with Gasteiger partial charge in [-0.2, -0.15) is 5.10 Å². The van der Waals surface area contributed by atoms with Gasteiger partial charge in [-0.3, -0.25) is 14.3 Å². The van der Waals surface area contributed by atoms with Crippen molar-refractivity contribution in [3.8, 4) is 11.1 Å². The Kier molecular flexibility index (Phi) is 5.70. The molecule has 0 saturated heterocycles. The van der Waals surface area contributed by atoms with E-state index in [4.69, 9.17) is 10.8 Å². The number of carboxylic acid groups (broad SMARTS) is 1. The van der Waals surface area contributed by atoms with E-state index in [9.17, 15) is 9.59 Å². The average molecular weight is 330 g/mol. The fourth-order valence-electron chi connectivity index (χ4n) is 2.24. The lowest BCUT2D eigenvalue weighted by atomic mass is 10.0. The van der Waals surface area contributed by atoms with Crippen molar-refractivity contribution in [2.24, 2.45) is 5.73 Å². The largest absolute Gasteiger partial charge is 0.480 e.